The first kappa shape index (κ1) is 25.8. The molecular weight excluding hydrogens is 515 g/mol. The van der Waals surface area contributed by atoms with Crippen LogP contribution in [-0.2, 0) is 6.54 Å². The van der Waals surface area contributed by atoms with E-state index in [0.29, 0.717) is 27.9 Å². The van der Waals surface area contributed by atoms with Crippen LogP contribution in [0.1, 0.15) is 31.7 Å². The molecule has 1 aromatic carbocycles. The summed E-state index contributed by atoms with van der Waals surface area (Å²) in [6.07, 6.45) is 6.04. The number of benzene rings is 1. The van der Waals surface area contributed by atoms with Crippen LogP contribution in [0.2, 0.25) is 10.0 Å². The molecule has 10 nitrogen and oxygen atoms in total. The van der Waals surface area contributed by atoms with Gasteiger partial charge in [-0.1, -0.05) is 36.2 Å². The molecule has 196 valence electrons. The van der Waals surface area contributed by atoms with E-state index >= 15 is 0 Å². The summed E-state index contributed by atoms with van der Waals surface area (Å²) in [6, 6.07) is 8.26. The molecule has 0 bridgehead atoms. The number of nitro groups is 1. The highest BCUT2D eigenvalue weighted by atomic mass is 35.5. The molecule has 12 heteroatoms. The van der Waals surface area contributed by atoms with Crippen molar-refractivity contribution in [2.75, 3.05) is 37.6 Å². The number of H-pyrrole nitrogens is 1. The second kappa shape index (κ2) is 11.3. The van der Waals surface area contributed by atoms with Crippen molar-refractivity contribution in [3.63, 3.8) is 0 Å². The van der Waals surface area contributed by atoms with Crippen molar-refractivity contribution < 1.29 is 4.92 Å². The van der Waals surface area contributed by atoms with E-state index in [2.05, 4.69) is 47.9 Å². The average Bonchev–Trinajstić information content (AvgIpc) is 3.45. The van der Waals surface area contributed by atoms with E-state index in [-0.39, 0.29) is 5.69 Å². The SMILES string of the molecule is CCC1CN(c2ncc([N+](=O)[O-])cc2Cl)CCN1C1CCN(Cc2ccc(Cl)cc2-c2ncn[nH]2)CC1. The zero-order chi connectivity index (χ0) is 25.9. The first-order chi connectivity index (χ1) is 17.9. The molecule has 5 rings (SSSR count). The molecule has 4 heterocycles. The Balaban J connectivity index is 1.20. The summed E-state index contributed by atoms with van der Waals surface area (Å²) in [5.74, 6) is 1.37. The Hall–Kier alpha value is -2.79. The molecule has 0 spiro atoms. The van der Waals surface area contributed by atoms with Gasteiger partial charge in [0.2, 0.25) is 0 Å². The van der Waals surface area contributed by atoms with E-state index in [1.54, 1.807) is 0 Å². The number of piperidine rings is 1. The van der Waals surface area contributed by atoms with Gasteiger partial charge in [-0.15, -0.1) is 0 Å². The summed E-state index contributed by atoms with van der Waals surface area (Å²) < 4.78 is 0. The van der Waals surface area contributed by atoms with Gasteiger partial charge in [-0.2, -0.15) is 5.10 Å². The summed E-state index contributed by atoms with van der Waals surface area (Å²) in [6.45, 7) is 7.64. The van der Waals surface area contributed by atoms with Crippen molar-refractivity contribution in [1.82, 2.24) is 30.0 Å². The molecule has 2 aliphatic heterocycles. The van der Waals surface area contributed by atoms with Gasteiger partial charge in [-0.05, 0) is 50.0 Å². The maximum absolute atomic E-state index is 11.0. The molecule has 3 aromatic rings. The van der Waals surface area contributed by atoms with Gasteiger partial charge in [0.05, 0.1) is 9.95 Å². The Bertz CT molecular complexity index is 1230. The van der Waals surface area contributed by atoms with Gasteiger partial charge in [-0.25, -0.2) is 9.97 Å². The smallest absolute Gasteiger partial charge is 0.289 e. The Labute approximate surface area is 225 Å². The molecule has 1 atom stereocenters. The number of hydrogen-bond acceptors (Lipinski definition) is 8. The molecule has 2 aliphatic rings. The Morgan fingerprint density at radius 2 is 1.95 bits per heavy atom. The van der Waals surface area contributed by atoms with Crippen LogP contribution in [0.4, 0.5) is 11.5 Å². The fourth-order valence-electron chi connectivity index (χ4n) is 5.55. The lowest BCUT2D eigenvalue weighted by Crippen LogP contribution is -2.58. The van der Waals surface area contributed by atoms with Gasteiger partial charge < -0.3 is 4.90 Å². The molecule has 0 amide bonds. The van der Waals surface area contributed by atoms with Gasteiger partial charge in [0.15, 0.2) is 5.82 Å². The van der Waals surface area contributed by atoms with Crippen LogP contribution >= 0.6 is 23.2 Å². The number of aromatic amines is 1. The van der Waals surface area contributed by atoms with E-state index in [1.165, 1.54) is 24.2 Å². The summed E-state index contributed by atoms with van der Waals surface area (Å²) in [7, 11) is 0. The number of aromatic nitrogens is 4. The predicted molar refractivity (Wildman–Crippen MR) is 144 cm³/mol. The minimum Gasteiger partial charge on any atom is -0.353 e. The van der Waals surface area contributed by atoms with E-state index in [0.717, 1.165) is 69.9 Å². The average molecular weight is 545 g/mol. The fraction of sp³-hybridized carbons (Fsp3) is 0.480. The van der Waals surface area contributed by atoms with Crippen molar-refractivity contribution in [3.05, 3.63) is 62.5 Å². The second-order valence-corrected chi connectivity index (χ2v) is 10.5. The van der Waals surface area contributed by atoms with Gasteiger partial charge in [-0.3, -0.25) is 25.0 Å². The van der Waals surface area contributed by atoms with Crippen LogP contribution < -0.4 is 4.90 Å². The molecule has 2 saturated heterocycles. The molecule has 1 unspecified atom stereocenters. The molecule has 1 N–H and O–H groups in total. The van der Waals surface area contributed by atoms with E-state index in [9.17, 15) is 10.1 Å². The maximum atomic E-state index is 11.0. The lowest BCUT2D eigenvalue weighted by molar-refractivity contribution is -0.385. The molecule has 37 heavy (non-hydrogen) atoms. The number of nitrogens with one attached hydrogen (secondary N) is 1. The third-order valence-electron chi connectivity index (χ3n) is 7.48. The van der Waals surface area contributed by atoms with Crippen molar-refractivity contribution in [2.24, 2.45) is 0 Å². The minimum absolute atomic E-state index is 0.0854. The van der Waals surface area contributed by atoms with Gasteiger partial charge >= 0.3 is 0 Å². The lowest BCUT2D eigenvalue weighted by Gasteiger charge is -2.47. The number of likely N-dealkylation sites (tertiary alicyclic amines) is 1. The molecule has 0 aliphatic carbocycles. The number of hydrogen-bond donors (Lipinski definition) is 1. The van der Waals surface area contributed by atoms with Crippen LogP contribution in [0.5, 0.6) is 0 Å². The van der Waals surface area contributed by atoms with Crippen molar-refractivity contribution in [2.45, 2.75) is 44.8 Å². The number of rotatable bonds is 7. The highest BCUT2D eigenvalue weighted by molar-refractivity contribution is 6.33. The number of nitrogens with zero attached hydrogens (tertiary/aromatic N) is 7. The monoisotopic (exact) mass is 544 g/mol. The van der Waals surface area contributed by atoms with E-state index in [4.69, 9.17) is 23.2 Å². The molecular formula is C25H30Cl2N8O2. The Kier molecular flexibility index (Phi) is 7.89. The minimum atomic E-state index is -0.468. The molecule has 2 fully saturated rings. The third kappa shape index (κ3) is 5.72. The zero-order valence-electron chi connectivity index (χ0n) is 20.7. The van der Waals surface area contributed by atoms with Crippen molar-refractivity contribution in [3.8, 4) is 11.4 Å². The van der Waals surface area contributed by atoms with Crippen molar-refractivity contribution >= 4 is 34.7 Å². The highest BCUT2D eigenvalue weighted by Crippen LogP contribution is 2.32. The Morgan fingerprint density at radius 3 is 2.62 bits per heavy atom. The number of halogens is 2. The quantitative estimate of drug-likeness (QED) is 0.338. The third-order valence-corrected chi connectivity index (χ3v) is 7.99. The largest absolute Gasteiger partial charge is 0.353 e. The van der Waals surface area contributed by atoms with Crippen LogP contribution in [-0.4, -0.2) is 79.7 Å². The number of pyridine rings is 1. The van der Waals surface area contributed by atoms with Gasteiger partial charge in [0.1, 0.15) is 18.3 Å². The zero-order valence-corrected chi connectivity index (χ0v) is 22.2. The van der Waals surface area contributed by atoms with Gasteiger partial charge in [0, 0.05) is 54.9 Å². The van der Waals surface area contributed by atoms with Crippen LogP contribution in [0.15, 0.2) is 36.8 Å². The van der Waals surface area contributed by atoms with Crippen LogP contribution in [0.25, 0.3) is 11.4 Å². The normalized spacial score (nSPS) is 19.9. The molecule has 0 radical (unpaired) electrons. The summed E-state index contributed by atoms with van der Waals surface area (Å²) in [5.41, 5.74) is 2.10. The Morgan fingerprint density at radius 1 is 1.14 bits per heavy atom. The molecule has 2 aromatic heterocycles. The standard InChI is InChI=1S/C25H30Cl2N8O2/c1-2-19-15-33(25-23(27)12-21(13-28-25)35(36)37)9-10-34(19)20-5-7-32(8-6-20)14-17-3-4-18(26)11-22(17)24-29-16-30-31-24/h3-4,11-13,16,19-20H,2,5-10,14-15H2,1H3,(H,29,30,31). The van der Waals surface area contributed by atoms with Gasteiger partial charge in [0.25, 0.3) is 5.69 Å². The maximum Gasteiger partial charge on any atom is 0.289 e. The molecule has 0 saturated carbocycles. The summed E-state index contributed by atoms with van der Waals surface area (Å²) >= 11 is 12.6. The number of anilines is 1. The van der Waals surface area contributed by atoms with Crippen LogP contribution in [0, 0.1) is 10.1 Å². The second-order valence-electron chi connectivity index (χ2n) is 9.64. The summed E-state index contributed by atoms with van der Waals surface area (Å²) in [4.78, 5) is 26.5. The van der Waals surface area contributed by atoms with Crippen LogP contribution in [0.3, 0.4) is 0 Å². The number of piperazine rings is 1. The van der Waals surface area contributed by atoms with E-state index in [1.807, 2.05) is 12.1 Å². The predicted octanol–water partition coefficient (Wildman–Crippen LogP) is 4.65. The first-order valence-corrected chi connectivity index (χ1v) is 13.4. The topological polar surface area (TPSA) is 107 Å². The summed E-state index contributed by atoms with van der Waals surface area (Å²) in [5, 5.41) is 19.0. The first-order valence-electron chi connectivity index (χ1n) is 12.6. The fourth-order valence-corrected chi connectivity index (χ4v) is 6.00. The van der Waals surface area contributed by atoms with Crippen molar-refractivity contribution in [1.29, 1.82) is 0 Å². The van der Waals surface area contributed by atoms with E-state index < -0.39 is 4.92 Å². The highest BCUT2D eigenvalue weighted by Gasteiger charge is 2.34. The lowest BCUT2D eigenvalue weighted by atomic mass is 9.97.